The molecule has 3 aromatic rings. The molecule has 0 aliphatic carbocycles. The number of methoxy groups -OCH3 is 2. The summed E-state index contributed by atoms with van der Waals surface area (Å²) in [5.41, 5.74) is 2.00. The first kappa shape index (κ1) is 17.3. The Labute approximate surface area is 157 Å². The number of ether oxygens (including phenoxy) is 2. The van der Waals surface area contributed by atoms with Gasteiger partial charge in [-0.3, -0.25) is 0 Å². The van der Waals surface area contributed by atoms with E-state index < -0.39 is 0 Å². The highest BCUT2D eigenvalue weighted by molar-refractivity contribution is 5.60. The zero-order chi connectivity index (χ0) is 18.8. The Morgan fingerprint density at radius 1 is 1.15 bits per heavy atom. The minimum absolute atomic E-state index is 0.193. The maximum absolute atomic E-state index is 5.62. The molecule has 7 nitrogen and oxygen atoms in total. The van der Waals surface area contributed by atoms with Crippen molar-refractivity contribution in [3.63, 3.8) is 0 Å². The van der Waals surface area contributed by atoms with Crippen LogP contribution in [0.15, 0.2) is 41.1 Å². The molecule has 140 valence electrons. The maximum Gasteiger partial charge on any atom is 0.258 e. The van der Waals surface area contributed by atoms with Crippen molar-refractivity contribution in [1.29, 1.82) is 0 Å². The first-order chi connectivity index (χ1) is 13.2. The van der Waals surface area contributed by atoms with Crippen molar-refractivity contribution in [3.8, 4) is 23.0 Å². The summed E-state index contributed by atoms with van der Waals surface area (Å²) in [6, 6.07) is 10.1. The van der Waals surface area contributed by atoms with Gasteiger partial charge in [0.2, 0.25) is 0 Å². The molecule has 1 atom stereocenters. The first-order valence-electron chi connectivity index (χ1n) is 8.95. The van der Waals surface area contributed by atoms with Crippen LogP contribution in [0.3, 0.4) is 0 Å². The minimum Gasteiger partial charge on any atom is -0.497 e. The lowest BCUT2D eigenvalue weighted by molar-refractivity contribution is 0.388. The lowest BCUT2D eigenvalue weighted by Gasteiger charge is -2.27. The second kappa shape index (κ2) is 7.26. The number of aromatic nitrogens is 3. The predicted molar refractivity (Wildman–Crippen MR) is 101 cm³/mol. The Bertz CT molecular complexity index is 940. The molecule has 2 aromatic heterocycles. The molecule has 27 heavy (non-hydrogen) atoms. The molecular formula is C20H22N4O3. The summed E-state index contributed by atoms with van der Waals surface area (Å²) in [5, 5.41) is 3.87. The van der Waals surface area contributed by atoms with Crippen molar-refractivity contribution in [3.05, 3.63) is 47.9 Å². The van der Waals surface area contributed by atoms with Crippen molar-refractivity contribution in [2.24, 2.45) is 0 Å². The molecule has 1 aromatic carbocycles. The van der Waals surface area contributed by atoms with Crippen LogP contribution in [0.1, 0.15) is 30.3 Å². The normalized spacial score (nSPS) is 16.6. The maximum atomic E-state index is 5.62. The summed E-state index contributed by atoms with van der Waals surface area (Å²) in [4.78, 5) is 11.2. The van der Waals surface area contributed by atoms with Crippen molar-refractivity contribution in [2.45, 2.75) is 25.8 Å². The number of hydrogen-bond donors (Lipinski definition) is 0. The number of rotatable bonds is 5. The molecule has 7 heteroatoms. The molecule has 1 aliphatic heterocycles. The van der Waals surface area contributed by atoms with Crippen LogP contribution < -0.4 is 14.4 Å². The highest BCUT2D eigenvalue weighted by Crippen LogP contribution is 2.41. The van der Waals surface area contributed by atoms with Gasteiger partial charge in [-0.15, -0.1) is 0 Å². The summed E-state index contributed by atoms with van der Waals surface area (Å²) >= 11 is 0. The first-order valence-corrected chi connectivity index (χ1v) is 8.95. The van der Waals surface area contributed by atoms with Gasteiger partial charge >= 0.3 is 0 Å². The number of pyridine rings is 1. The van der Waals surface area contributed by atoms with Crippen LogP contribution in [-0.4, -0.2) is 35.9 Å². The van der Waals surface area contributed by atoms with E-state index in [0.717, 1.165) is 47.8 Å². The van der Waals surface area contributed by atoms with E-state index in [1.165, 1.54) is 0 Å². The number of nitrogens with zero attached hydrogens (tertiary/aromatic N) is 4. The van der Waals surface area contributed by atoms with Crippen LogP contribution in [0, 0.1) is 6.92 Å². The predicted octanol–water partition coefficient (Wildman–Crippen LogP) is 3.80. The van der Waals surface area contributed by atoms with Crippen LogP contribution in [0.25, 0.3) is 11.5 Å². The topological polar surface area (TPSA) is 73.5 Å². The number of aryl methyl sites for hydroxylation is 1. The fourth-order valence-corrected chi connectivity index (χ4v) is 3.58. The Morgan fingerprint density at radius 2 is 2.04 bits per heavy atom. The van der Waals surface area contributed by atoms with E-state index in [1.807, 2.05) is 31.2 Å². The smallest absolute Gasteiger partial charge is 0.258 e. The van der Waals surface area contributed by atoms with Gasteiger partial charge in [0.25, 0.3) is 5.89 Å². The third-order valence-corrected chi connectivity index (χ3v) is 4.87. The molecule has 3 heterocycles. The molecule has 0 radical (unpaired) electrons. The molecular weight excluding hydrogens is 344 g/mol. The van der Waals surface area contributed by atoms with Crippen LogP contribution in [0.5, 0.6) is 11.5 Å². The minimum atomic E-state index is 0.193. The second-order valence-electron chi connectivity index (χ2n) is 6.51. The fraction of sp³-hybridized carbons (Fsp3) is 0.350. The lowest BCUT2D eigenvalue weighted by Crippen LogP contribution is -2.24. The largest absolute Gasteiger partial charge is 0.497 e. The summed E-state index contributed by atoms with van der Waals surface area (Å²) in [6.45, 7) is 2.74. The van der Waals surface area contributed by atoms with E-state index in [4.69, 9.17) is 14.0 Å². The molecule has 0 amide bonds. The van der Waals surface area contributed by atoms with Crippen molar-refractivity contribution in [2.75, 3.05) is 25.7 Å². The van der Waals surface area contributed by atoms with Crippen LogP contribution >= 0.6 is 0 Å². The van der Waals surface area contributed by atoms with E-state index in [0.29, 0.717) is 11.7 Å². The van der Waals surface area contributed by atoms with Crippen LogP contribution in [-0.2, 0) is 0 Å². The lowest BCUT2D eigenvalue weighted by atomic mass is 10.0. The van der Waals surface area contributed by atoms with E-state index in [9.17, 15) is 0 Å². The summed E-state index contributed by atoms with van der Waals surface area (Å²) in [5.74, 6) is 3.63. The molecule has 1 unspecified atom stereocenters. The third-order valence-electron chi connectivity index (χ3n) is 4.87. The SMILES string of the molecule is COc1ccc(C2CCCN2c2cc(-c3nc(C)no3)ccn2)c(OC)c1. The van der Waals surface area contributed by atoms with Gasteiger partial charge in [-0.2, -0.15) is 4.98 Å². The van der Waals surface area contributed by atoms with E-state index in [2.05, 4.69) is 26.1 Å². The highest BCUT2D eigenvalue weighted by Gasteiger charge is 2.30. The van der Waals surface area contributed by atoms with Gasteiger partial charge in [-0.25, -0.2) is 4.98 Å². The zero-order valence-corrected chi connectivity index (χ0v) is 15.7. The molecule has 0 N–H and O–H groups in total. The summed E-state index contributed by atoms with van der Waals surface area (Å²) in [7, 11) is 3.35. The Morgan fingerprint density at radius 3 is 2.78 bits per heavy atom. The van der Waals surface area contributed by atoms with Crippen molar-refractivity contribution < 1.29 is 14.0 Å². The fourth-order valence-electron chi connectivity index (χ4n) is 3.58. The van der Waals surface area contributed by atoms with Gasteiger partial charge in [0, 0.05) is 29.9 Å². The molecule has 0 bridgehead atoms. The molecule has 1 saturated heterocycles. The van der Waals surface area contributed by atoms with Gasteiger partial charge < -0.3 is 18.9 Å². The van der Waals surface area contributed by atoms with Crippen LogP contribution in [0.4, 0.5) is 5.82 Å². The monoisotopic (exact) mass is 366 g/mol. The summed E-state index contributed by atoms with van der Waals surface area (Å²) < 4.78 is 16.2. The van der Waals surface area contributed by atoms with E-state index in [1.54, 1.807) is 20.4 Å². The Hall–Kier alpha value is -3.09. The summed E-state index contributed by atoms with van der Waals surface area (Å²) in [6.07, 6.45) is 3.91. The Balaban J connectivity index is 1.68. The molecule has 0 spiro atoms. The van der Waals surface area contributed by atoms with Gasteiger partial charge in [-0.05, 0) is 44.0 Å². The number of hydrogen-bond acceptors (Lipinski definition) is 7. The van der Waals surface area contributed by atoms with Gasteiger partial charge in [0.05, 0.1) is 20.3 Å². The zero-order valence-electron chi connectivity index (χ0n) is 15.7. The molecule has 4 rings (SSSR count). The van der Waals surface area contributed by atoms with Crippen molar-refractivity contribution >= 4 is 5.82 Å². The molecule has 0 saturated carbocycles. The second-order valence-corrected chi connectivity index (χ2v) is 6.51. The third kappa shape index (κ3) is 3.32. The number of anilines is 1. The number of benzene rings is 1. The molecule has 1 aliphatic rings. The van der Waals surface area contributed by atoms with Gasteiger partial charge in [0.1, 0.15) is 17.3 Å². The highest BCUT2D eigenvalue weighted by atomic mass is 16.5. The van der Waals surface area contributed by atoms with Gasteiger partial charge in [-0.1, -0.05) is 5.16 Å². The average Bonchev–Trinajstić information content (AvgIpc) is 3.36. The van der Waals surface area contributed by atoms with E-state index in [-0.39, 0.29) is 6.04 Å². The average molecular weight is 366 g/mol. The van der Waals surface area contributed by atoms with E-state index >= 15 is 0 Å². The standard InChI is InChI=1S/C20H22N4O3/c1-13-22-20(27-23-13)14-8-9-21-19(11-14)24-10-4-5-17(24)16-7-6-15(25-2)12-18(16)26-3/h6-9,11-12,17H,4-5,10H2,1-3H3. The van der Waals surface area contributed by atoms with Crippen LogP contribution in [0.2, 0.25) is 0 Å². The van der Waals surface area contributed by atoms with Gasteiger partial charge in [0.15, 0.2) is 5.82 Å². The van der Waals surface area contributed by atoms with Crippen molar-refractivity contribution in [1.82, 2.24) is 15.1 Å². The quantitative estimate of drug-likeness (QED) is 0.680. The Kier molecular flexibility index (Phi) is 4.66. The molecule has 1 fully saturated rings.